The molecule has 1 aromatic rings. The van der Waals surface area contributed by atoms with Gasteiger partial charge in [0.2, 0.25) is 0 Å². The molecule has 1 heterocycles. The third-order valence-electron chi connectivity index (χ3n) is 4.62. The number of benzene rings is 1. The number of carbonyl (C=O) groups is 2. The summed E-state index contributed by atoms with van der Waals surface area (Å²) < 4.78 is 32.6. The second kappa shape index (κ2) is 8.19. The van der Waals surface area contributed by atoms with Crippen LogP contribution in [0.4, 0.5) is 13.6 Å². The molecule has 2 atom stereocenters. The van der Waals surface area contributed by atoms with Crippen molar-refractivity contribution < 1.29 is 23.1 Å². The molecule has 2 fully saturated rings. The molecule has 1 saturated heterocycles. The predicted octanol–water partition coefficient (Wildman–Crippen LogP) is 3.91. The minimum Gasteiger partial charge on any atom is -0.444 e. The van der Waals surface area contributed by atoms with Gasteiger partial charge >= 0.3 is 6.09 Å². The molecular formula is C20H23F2N3O3S. The number of carbonyl (C=O) groups excluding carboxylic acids is 2. The van der Waals surface area contributed by atoms with E-state index >= 15 is 0 Å². The molecule has 9 heteroatoms. The molecule has 1 aliphatic heterocycles. The average molecular weight is 423 g/mol. The monoisotopic (exact) mass is 423 g/mol. The number of halogens is 2. The number of ether oxygens (including phenoxy) is 1. The highest BCUT2D eigenvalue weighted by atomic mass is 32.2. The number of likely N-dealkylation sites (tertiary alicyclic amines) is 1. The van der Waals surface area contributed by atoms with E-state index in [1.54, 1.807) is 20.8 Å². The van der Waals surface area contributed by atoms with Gasteiger partial charge in [-0.25, -0.2) is 18.5 Å². The Labute approximate surface area is 172 Å². The lowest BCUT2D eigenvalue weighted by Gasteiger charge is -2.29. The summed E-state index contributed by atoms with van der Waals surface area (Å²) in [4.78, 5) is 28.4. The zero-order valence-corrected chi connectivity index (χ0v) is 17.3. The number of hydrogen-bond donors (Lipinski definition) is 0. The van der Waals surface area contributed by atoms with Crippen LogP contribution in [-0.4, -0.2) is 51.3 Å². The lowest BCUT2D eigenvalue weighted by molar-refractivity contribution is -0.133. The number of nitriles is 1. The Morgan fingerprint density at radius 3 is 2.55 bits per heavy atom. The van der Waals surface area contributed by atoms with Crippen molar-refractivity contribution in [1.29, 1.82) is 5.26 Å². The van der Waals surface area contributed by atoms with Gasteiger partial charge in [0.1, 0.15) is 23.3 Å². The predicted molar refractivity (Wildman–Crippen MR) is 103 cm³/mol. The van der Waals surface area contributed by atoms with E-state index in [4.69, 9.17) is 4.74 Å². The Balaban J connectivity index is 1.80. The van der Waals surface area contributed by atoms with Gasteiger partial charge < -0.3 is 4.74 Å². The molecular weight excluding hydrogens is 400 g/mol. The Bertz CT molecular complexity index is 848. The highest BCUT2D eigenvalue weighted by Gasteiger charge is 2.46. The van der Waals surface area contributed by atoms with Crippen LogP contribution in [0.25, 0.3) is 0 Å². The normalized spacial score (nSPS) is 21.6. The first-order chi connectivity index (χ1) is 13.6. The van der Waals surface area contributed by atoms with Gasteiger partial charge in [-0.15, -0.1) is 11.8 Å². The van der Waals surface area contributed by atoms with E-state index in [1.807, 2.05) is 6.19 Å². The fourth-order valence-corrected chi connectivity index (χ4v) is 4.38. The van der Waals surface area contributed by atoms with E-state index < -0.39 is 35.3 Å². The number of hydrogen-bond acceptors (Lipinski definition) is 5. The van der Waals surface area contributed by atoms with Crippen LogP contribution in [0.15, 0.2) is 23.1 Å². The van der Waals surface area contributed by atoms with E-state index in [0.29, 0.717) is 0 Å². The molecule has 2 amide bonds. The zero-order chi connectivity index (χ0) is 21.3. The molecule has 0 unspecified atom stereocenters. The minimum atomic E-state index is -0.855. The van der Waals surface area contributed by atoms with Crippen molar-refractivity contribution in [3.05, 3.63) is 29.8 Å². The Morgan fingerprint density at radius 2 is 2.00 bits per heavy atom. The standard InChI is InChI=1S/C20H23F2N3O3S/c1-20(2,3)28-19(27)24-10-14(29-17-7-4-12(21)8-15(17)22)9-16(24)18(26)25(11-23)13-5-6-13/h4,7-8,13-14,16H,5-6,9-10H2,1-3H3/t14-,16+/m1/s1. The third-order valence-corrected chi connectivity index (χ3v) is 5.88. The fourth-order valence-electron chi connectivity index (χ4n) is 3.19. The number of thioether (sulfide) groups is 1. The van der Waals surface area contributed by atoms with Crippen LogP contribution < -0.4 is 0 Å². The maximum Gasteiger partial charge on any atom is 0.411 e. The molecule has 1 aliphatic carbocycles. The molecule has 156 valence electrons. The molecule has 0 spiro atoms. The van der Waals surface area contributed by atoms with Gasteiger partial charge in [-0.1, -0.05) is 0 Å². The molecule has 0 N–H and O–H groups in total. The lowest BCUT2D eigenvalue weighted by atomic mass is 10.2. The molecule has 3 rings (SSSR count). The second-order valence-corrected chi connectivity index (χ2v) is 9.58. The summed E-state index contributed by atoms with van der Waals surface area (Å²) in [5, 5.41) is 9.08. The summed E-state index contributed by atoms with van der Waals surface area (Å²) in [5.41, 5.74) is -0.746. The van der Waals surface area contributed by atoms with Crippen molar-refractivity contribution >= 4 is 23.8 Å². The summed E-state index contributed by atoms with van der Waals surface area (Å²) in [6, 6.07) is 2.34. The summed E-state index contributed by atoms with van der Waals surface area (Å²) in [7, 11) is 0. The van der Waals surface area contributed by atoms with Crippen LogP contribution in [0, 0.1) is 23.1 Å². The van der Waals surface area contributed by atoms with Gasteiger partial charge in [-0.2, -0.15) is 5.26 Å². The van der Waals surface area contributed by atoms with Gasteiger partial charge in [0, 0.05) is 28.8 Å². The molecule has 29 heavy (non-hydrogen) atoms. The van der Waals surface area contributed by atoms with Crippen LogP contribution in [0.1, 0.15) is 40.0 Å². The maximum absolute atomic E-state index is 14.1. The average Bonchev–Trinajstić information content (AvgIpc) is 3.35. The summed E-state index contributed by atoms with van der Waals surface area (Å²) in [6.07, 6.45) is 3.06. The Kier molecular flexibility index (Phi) is 6.03. The molecule has 0 aromatic heterocycles. The summed E-state index contributed by atoms with van der Waals surface area (Å²) in [6.45, 7) is 5.34. The largest absolute Gasteiger partial charge is 0.444 e. The zero-order valence-electron chi connectivity index (χ0n) is 16.5. The fraction of sp³-hybridized carbons (Fsp3) is 0.550. The number of nitrogens with zero attached hydrogens (tertiary/aromatic N) is 3. The first-order valence-corrected chi connectivity index (χ1v) is 10.3. The lowest BCUT2D eigenvalue weighted by Crippen LogP contribution is -2.48. The minimum absolute atomic E-state index is 0.116. The Morgan fingerprint density at radius 1 is 1.31 bits per heavy atom. The van der Waals surface area contributed by atoms with Gasteiger partial charge in [0.25, 0.3) is 5.91 Å². The highest BCUT2D eigenvalue weighted by molar-refractivity contribution is 8.00. The first-order valence-electron chi connectivity index (χ1n) is 9.43. The summed E-state index contributed by atoms with van der Waals surface area (Å²) >= 11 is 1.15. The molecule has 2 aliphatic rings. The van der Waals surface area contributed by atoms with Crippen molar-refractivity contribution in [2.45, 2.75) is 67.9 Å². The quantitative estimate of drug-likeness (QED) is 0.542. The maximum atomic E-state index is 14.1. The van der Waals surface area contributed by atoms with Gasteiger partial charge in [0.15, 0.2) is 6.19 Å². The molecule has 0 radical (unpaired) electrons. The van der Waals surface area contributed by atoms with Crippen LogP contribution in [0.3, 0.4) is 0 Å². The van der Waals surface area contributed by atoms with Crippen LogP contribution in [-0.2, 0) is 9.53 Å². The Hall–Kier alpha value is -2.34. The second-order valence-electron chi connectivity index (χ2n) is 8.24. The van der Waals surface area contributed by atoms with E-state index in [-0.39, 0.29) is 29.2 Å². The first kappa shape index (κ1) is 21.4. The third kappa shape index (κ3) is 5.18. The van der Waals surface area contributed by atoms with Crippen molar-refractivity contribution in [1.82, 2.24) is 9.80 Å². The van der Waals surface area contributed by atoms with Crippen LogP contribution in [0.5, 0.6) is 0 Å². The van der Waals surface area contributed by atoms with Crippen molar-refractivity contribution in [3.8, 4) is 6.19 Å². The van der Waals surface area contributed by atoms with Crippen molar-refractivity contribution in [3.63, 3.8) is 0 Å². The summed E-state index contributed by atoms with van der Waals surface area (Å²) in [5.74, 6) is -1.80. The SMILES string of the molecule is CC(C)(C)OC(=O)N1C[C@H](Sc2ccc(F)cc2F)C[C@H]1C(=O)N(C#N)C1CC1. The van der Waals surface area contributed by atoms with E-state index in [1.165, 1.54) is 17.0 Å². The number of rotatable bonds is 4. The van der Waals surface area contributed by atoms with Crippen LogP contribution in [0.2, 0.25) is 0 Å². The smallest absolute Gasteiger partial charge is 0.411 e. The molecule has 0 bridgehead atoms. The van der Waals surface area contributed by atoms with E-state index in [0.717, 1.165) is 35.6 Å². The van der Waals surface area contributed by atoms with Gasteiger partial charge in [-0.3, -0.25) is 9.69 Å². The van der Waals surface area contributed by atoms with Crippen molar-refractivity contribution in [2.75, 3.05) is 6.54 Å². The molecule has 1 aromatic carbocycles. The van der Waals surface area contributed by atoms with Gasteiger partial charge in [0.05, 0.1) is 0 Å². The highest BCUT2D eigenvalue weighted by Crippen LogP contribution is 2.37. The molecule has 1 saturated carbocycles. The number of amides is 2. The van der Waals surface area contributed by atoms with Crippen LogP contribution >= 0.6 is 11.8 Å². The van der Waals surface area contributed by atoms with E-state index in [9.17, 15) is 23.6 Å². The molecule has 6 nitrogen and oxygen atoms in total. The topological polar surface area (TPSA) is 73.6 Å². The van der Waals surface area contributed by atoms with Gasteiger partial charge in [-0.05, 0) is 52.2 Å². The van der Waals surface area contributed by atoms with E-state index in [2.05, 4.69) is 0 Å². The van der Waals surface area contributed by atoms with Crippen molar-refractivity contribution in [2.24, 2.45) is 0 Å².